The van der Waals surface area contributed by atoms with Crippen molar-refractivity contribution in [3.63, 3.8) is 0 Å². The van der Waals surface area contributed by atoms with Gasteiger partial charge in [0.25, 0.3) is 0 Å². The predicted molar refractivity (Wildman–Crippen MR) is 63.8 cm³/mol. The van der Waals surface area contributed by atoms with Gasteiger partial charge in [-0.15, -0.1) is 0 Å². The van der Waals surface area contributed by atoms with E-state index in [2.05, 4.69) is 10.4 Å². The molecule has 1 aliphatic heterocycles. The lowest BCUT2D eigenvalue weighted by molar-refractivity contribution is 0.0778. The molecule has 1 fully saturated rings. The number of nitrogens with one attached hydrogen (secondary N) is 1. The Bertz CT molecular complexity index is 314. The van der Waals surface area contributed by atoms with Gasteiger partial charge in [0.1, 0.15) is 0 Å². The molecule has 1 aromatic heterocycles. The Labute approximate surface area is 101 Å². The van der Waals surface area contributed by atoms with Gasteiger partial charge in [-0.1, -0.05) is 11.6 Å². The SMILES string of the molecule is Cc1nn(CCNC2CCOCC2)cc1Cl. The zero-order valence-electron chi connectivity index (χ0n) is 9.58. The lowest BCUT2D eigenvalue weighted by Crippen LogP contribution is -2.36. The van der Waals surface area contributed by atoms with E-state index in [4.69, 9.17) is 16.3 Å². The Balaban J connectivity index is 1.71. The third-order valence-corrected chi connectivity index (χ3v) is 3.25. The maximum Gasteiger partial charge on any atom is 0.0814 e. The number of ether oxygens (including phenoxy) is 1. The van der Waals surface area contributed by atoms with Crippen molar-refractivity contribution in [3.05, 3.63) is 16.9 Å². The maximum absolute atomic E-state index is 5.94. The fourth-order valence-electron chi connectivity index (χ4n) is 1.89. The average molecular weight is 244 g/mol. The molecule has 4 nitrogen and oxygen atoms in total. The van der Waals surface area contributed by atoms with Crippen molar-refractivity contribution in [2.75, 3.05) is 19.8 Å². The van der Waals surface area contributed by atoms with E-state index in [1.54, 1.807) is 0 Å². The minimum Gasteiger partial charge on any atom is -0.381 e. The van der Waals surface area contributed by atoms with E-state index < -0.39 is 0 Å². The molecule has 1 aromatic rings. The first-order valence-corrected chi connectivity index (χ1v) is 6.14. The van der Waals surface area contributed by atoms with Crippen molar-refractivity contribution in [2.24, 2.45) is 0 Å². The van der Waals surface area contributed by atoms with Gasteiger partial charge in [-0.3, -0.25) is 4.68 Å². The number of nitrogens with zero attached hydrogens (tertiary/aromatic N) is 2. The molecule has 16 heavy (non-hydrogen) atoms. The molecule has 0 amide bonds. The van der Waals surface area contributed by atoms with E-state index in [1.165, 1.54) is 0 Å². The van der Waals surface area contributed by atoms with Gasteiger partial charge < -0.3 is 10.1 Å². The molecule has 0 unspecified atom stereocenters. The first kappa shape index (κ1) is 11.9. The molecule has 1 saturated heterocycles. The molecule has 0 spiro atoms. The summed E-state index contributed by atoms with van der Waals surface area (Å²) in [7, 11) is 0. The standard InChI is InChI=1S/C11H18ClN3O/c1-9-11(12)8-15(14-9)5-4-13-10-2-6-16-7-3-10/h8,10,13H,2-7H2,1H3. The van der Waals surface area contributed by atoms with E-state index in [0.29, 0.717) is 6.04 Å². The van der Waals surface area contributed by atoms with Crippen LogP contribution in [0, 0.1) is 6.92 Å². The molecule has 0 aliphatic carbocycles. The Morgan fingerprint density at radius 2 is 2.31 bits per heavy atom. The van der Waals surface area contributed by atoms with Crippen LogP contribution in [0.3, 0.4) is 0 Å². The summed E-state index contributed by atoms with van der Waals surface area (Å²) in [6, 6.07) is 0.598. The van der Waals surface area contributed by atoms with Crippen LogP contribution in [0.15, 0.2) is 6.20 Å². The topological polar surface area (TPSA) is 39.1 Å². The van der Waals surface area contributed by atoms with Gasteiger partial charge in [-0.05, 0) is 19.8 Å². The molecule has 2 rings (SSSR count). The van der Waals surface area contributed by atoms with Crippen LogP contribution in [-0.2, 0) is 11.3 Å². The fraction of sp³-hybridized carbons (Fsp3) is 0.727. The zero-order valence-corrected chi connectivity index (χ0v) is 10.3. The highest BCUT2D eigenvalue weighted by atomic mass is 35.5. The molecule has 0 bridgehead atoms. The zero-order chi connectivity index (χ0) is 11.4. The fourth-order valence-corrected chi connectivity index (χ4v) is 2.04. The summed E-state index contributed by atoms with van der Waals surface area (Å²) < 4.78 is 7.20. The van der Waals surface area contributed by atoms with E-state index >= 15 is 0 Å². The summed E-state index contributed by atoms with van der Waals surface area (Å²) in [5.41, 5.74) is 0.896. The minimum absolute atomic E-state index is 0.598. The minimum atomic E-state index is 0.598. The molecular formula is C11H18ClN3O. The summed E-state index contributed by atoms with van der Waals surface area (Å²) in [5, 5.41) is 8.57. The molecule has 0 radical (unpaired) electrons. The molecule has 0 aromatic carbocycles. The molecule has 0 atom stereocenters. The Morgan fingerprint density at radius 1 is 1.56 bits per heavy atom. The second kappa shape index (κ2) is 5.66. The van der Waals surface area contributed by atoms with Gasteiger partial charge in [0, 0.05) is 32.0 Å². The molecule has 0 saturated carbocycles. The van der Waals surface area contributed by atoms with E-state index in [0.717, 1.165) is 49.9 Å². The van der Waals surface area contributed by atoms with E-state index in [9.17, 15) is 0 Å². The van der Waals surface area contributed by atoms with Gasteiger partial charge in [0.2, 0.25) is 0 Å². The highest BCUT2D eigenvalue weighted by Crippen LogP contribution is 2.11. The normalized spacial score (nSPS) is 17.9. The molecular weight excluding hydrogens is 226 g/mol. The largest absolute Gasteiger partial charge is 0.381 e. The highest BCUT2D eigenvalue weighted by molar-refractivity contribution is 6.31. The summed E-state index contributed by atoms with van der Waals surface area (Å²) in [6.45, 7) is 5.48. The van der Waals surface area contributed by atoms with Crippen molar-refractivity contribution >= 4 is 11.6 Å². The number of halogens is 1. The van der Waals surface area contributed by atoms with Crippen LogP contribution >= 0.6 is 11.6 Å². The monoisotopic (exact) mass is 243 g/mol. The van der Waals surface area contributed by atoms with Crippen LogP contribution in [0.1, 0.15) is 18.5 Å². The lowest BCUT2D eigenvalue weighted by atomic mass is 10.1. The smallest absolute Gasteiger partial charge is 0.0814 e. The van der Waals surface area contributed by atoms with E-state index in [-0.39, 0.29) is 0 Å². The number of aromatic nitrogens is 2. The van der Waals surface area contributed by atoms with Crippen molar-refractivity contribution in [2.45, 2.75) is 32.4 Å². The second-order valence-corrected chi connectivity index (χ2v) is 4.57. The Hall–Kier alpha value is -0.580. The molecule has 1 aliphatic rings. The second-order valence-electron chi connectivity index (χ2n) is 4.17. The van der Waals surface area contributed by atoms with Crippen LogP contribution in [0.2, 0.25) is 5.02 Å². The lowest BCUT2D eigenvalue weighted by Gasteiger charge is -2.23. The third kappa shape index (κ3) is 3.20. The predicted octanol–water partition coefficient (Wildman–Crippen LogP) is 1.61. The van der Waals surface area contributed by atoms with Crippen LogP contribution in [0.4, 0.5) is 0 Å². The Kier molecular flexibility index (Phi) is 4.21. The molecule has 2 heterocycles. The molecule has 5 heteroatoms. The van der Waals surface area contributed by atoms with Gasteiger partial charge in [0.05, 0.1) is 17.3 Å². The average Bonchev–Trinajstić information content (AvgIpc) is 2.60. The summed E-state index contributed by atoms with van der Waals surface area (Å²) >= 11 is 5.94. The van der Waals surface area contributed by atoms with Crippen molar-refractivity contribution in [3.8, 4) is 0 Å². The van der Waals surface area contributed by atoms with Gasteiger partial charge in [-0.25, -0.2) is 0 Å². The summed E-state index contributed by atoms with van der Waals surface area (Å²) in [6.07, 6.45) is 4.10. The Morgan fingerprint density at radius 3 is 2.94 bits per heavy atom. The van der Waals surface area contributed by atoms with Crippen molar-refractivity contribution in [1.29, 1.82) is 0 Å². The maximum atomic E-state index is 5.94. The third-order valence-electron chi connectivity index (χ3n) is 2.88. The van der Waals surface area contributed by atoms with Crippen molar-refractivity contribution < 1.29 is 4.74 Å². The van der Waals surface area contributed by atoms with Crippen LogP contribution < -0.4 is 5.32 Å². The molecule has 1 N–H and O–H groups in total. The number of hydrogen-bond donors (Lipinski definition) is 1. The van der Waals surface area contributed by atoms with Crippen LogP contribution in [0.25, 0.3) is 0 Å². The summed E-state index contributed by atoms with van der Waals surface area (Å²) in [5.74, 6) is 0. The van der Waals surface area contributed by atoms with Gasteiger partial charge >= 0.3 is 0 Å². The number of hydrogen-bond acceptors (Lipinski definition) is 3. The number of rotatable bonds is 4. The van der Waals surface area contributed by atoms with Crippen molar-refractivity contribution in [1.82, 2.24) is 15.1 Å². The van der Waals surface area contributed by atoms with Crippen LogP contribution in [-0.4, -0.2) is 35.6 Å². The summed E-state index contributed by atoms with van der Waals surface area (Å²) in [4.78, 5) is 0. The van der Waals surface area contributed by atoms with Gasteiger partial charge in [-0.2, -0.15) is 5.10 Å². The number of aryl methyl sites for hydroxylation is 1. The quantitative estimate of drug-likeness (QED) is 0.874. The first-order valence-electron chi connectivity index (χ1n) is 5.76. The first-order chi connectivity index (χ1) is 7.75. The molecule has 90 valence electrons. The highest BCUT2D eigenvalue weighted by Gasteiger charge is 2.12. The van der Waals surface area contributed by atoms with E-state index in [1.807, 2.05) is 17.8 Å². The van der Waals surface area contributed by atoms with Crippen LogP contribution in [0.5, 0.6) is 0 Å². The van der Waals surface area contributed by atoms with Gasteiger partial charge in [0.15, 0.2) is 0 Å².